The van der Waals surface area contributed by atoms with Gasteiger partial charge in [-0.1, -0.05) is 76.3 Å². The van der Waals surface area contributed by atoms with Crippen molar-refractivity contribution in [1.29, 1.82) is 0 Å². The molecule has 0 spiro atoms. The molecule has 0 unspecified atom stereocenters. The first-order chi connectivity index (χ1) is 14.2. The number of rotatable bonds is 10. The van der Waals surface area contributed by atoms with Crippen LogP contribution >= 0.6 is 0 Å². The summed E-state index contributed by atoms with van der Waals surface area (Å²) in [6.45, 7) is 9.37. The number of piperazine rings is 1. The van der Waals surface area contributed by atoms with E-state index in [0.29, 0.717) is 17.8 Å². The number of carbonyl (C=O) groups is 2. The zero-order valence-electron chi connectivity index (χ0n) is 18.0. The topological polar surface area (TPSA) is 43.9 Å². The van der Waals surface area contributed by atoms with E-state index >= 15 is 0 Å². The highest BCUT2D eigenvalue weighted by Gasteiger charge is 2.41. The second-order valence-corrected chi connectivity index (χ2v) is 8.04. The van der Waals surface area contributed by atoms with Gasteiger partial charge < -0.3 is 9.80 Å². The van der Waals surface area contributed by atoms with Crippen molar-refractivity contribution in [2.24, 2.45) is 0 Å². The molecule has 3 rings (SSSR count). The molecular formula is C24H35N3O2. The molecule has 2 aliphatic rings. The average Bonchev–Trinajstić information content (AvgIpc) is 3.01. The van der Waals surface area contributed by atoms with E-state index in [1.807, 2.05) is 30.3 Å². The number of hydrogen-bond donors (Lipinski definition) is 0. The van der Waals surface area contributed by atoms with Crippen LogP contribution in [0.1, 0.15) is 57.9 Å². The van der Waals surface area contributed by atoms with Gasteiger partial charge >= 0.3 is 0 Å². The van der Waals surface area contributed by atoms with E-state index in [1.54, 1.807) is 0 Å². The number of hydrogen-bond acceptors (Lipinski definition) is 4. The maximum atomic E-state index is 13.3. The van der Waals surface area contributed by atoms with Crippen LogP contribution in [0, 0.1) is 0 Å². The third-order valence-corrected chi connectivity index (χ3v) is 6.08. The molecule has 2 amide bonds. The molecule has 0 N–H and O–H groups in total. The van der Waals surface area contributed by atoms with Crippen molar-refractivity contribution in [3.8, 4) is 0 Å². The molecule has 1 aromatic carbocycles. The Morgan fingerprint density at radius 1 is 0.793 bits per heavy atom. The molecule has 1 aromatic rings. The van der Waals surface area contributed by atoms with Gasteiger partial charge in [0.2, 0.25) is 0 Å². The van der Waals surface area contributed by atoms with Crippen LogP contribution in [0.15, 0.2) is 36.0 Å². The minimum atomic E-state index is -0.123. The number of nitrogens with zero attached hydrogens (tertiary/aromatic N) is 3. The summed E-state index contributed by atoms with van der Waals surface area (Å²) in [6.07, 6.45) is 6.85. The fourth-order valence-electron chi connectivity index (χ4n) is 4.26. The Kier molecular flexibility index (Phi) is 7.87. The summed E-state index contributed by atoms with van der Waals surface area (Å²) >= 11 is 0. The highest BCUT2D eigenvalue weighted by molar-refractivity contribution is 6.35. The van der Waals surface area contributed by atoms with Gasteiger partial charge in [0.1, 0.15) is 5.70 Å². The van der Waals surface area contributed by atoms with Crippen LogP contribution in [-0.2, 0) is 9.59 Å². The number of benzene rings is 1. The largest absolute Gasteiger partial charge is 0.364 e. The normalized spacial score (nSPS) is 18.3. The van der Waals surface area contributed by atoms with Gasteiger partial charge in [-0.25, -0.2) is 0 Å². The number of amides is 2. The van der Waals surface area contributed by atoms with Crippen molar-refractivity contribution >= 4 is 17.4 Å². The zero-order valence-corrected chi connectivity index (χ0v) is 18.0. The van der Waals surface area contributed by atoms with Crippen molar-refractivity contribution in [1.82, 2.24) is 14.7 Å². The maximum absolute atomic E-state index is 13.3. The lowest BCUT2D eigenvalue weighted by Crippen LogP contribution is -2.47. The molecule has 0 saturated carbocycles. The Balaban J connectivity index is 1.75. The van der Waals surface area contributed by atoms with E-state index in [9.17, 15) is 9.59 Å². The first-order valence-electron chi connectivity index (χ1n) is 11.3. The Labute approximate surface area is 175 Å². The Morgan fingerprint density at radius 3 is 2.10 bits per heavy atom. The summed E-state index contributed by atoms with van der Waals surface area (Å²) in [4.78, 5) is 32.6. The van der Waals surface area contributed by atoms with Crippen LogP contribution in [0.3, 0.4) is 0 Å². The number of unbranched alkanes of at least 4 members (excludes halogenated alkanes) is 5. The second kappa shape index (κ2) is 10.6. The molecule has 158 valence electrons. The molecule has 0 atom stereocenters. The summed E-state index contributed by atoms with van der Waals surface area (Å²) in [5, 5.41) is 0. The first kappa shape index (κ1) is 21.6. The van der Waals surface area contributed by atoms with E-state index in [4.69, 9.17) is 0 Å². The van der Waals surface area contributed by atoms with Crippen LogP contribution < -0.4 is 0 Å². The fraction of sp³-hybridized carbons (Fsp3) is 0.583. The van der Waals surface area contributed by atoms with Gasteiger partial charge in [-0.15, -0.1) is 0 Å². The first-order valence-corrected chi connectivity index (χ1v) is 11.3. The SMILES string of the molecule is CCCCCCCCN1C(=O)C(c2ccccc2)=C(N2CCN(CC)CC2)C1=O. The molecule has 5 heteroatoms. The number of likely N-dealkylation sites (N-methyl/N-ethyl adjacent to an activating group) is 1. The van der Waals surface area contributed by atoms with E-state index in [-0.39, 0.29) is 11.8 Å². The van der Waals surface area contributed by atoms with Crippen LogP contribution in [0.2, 0.25) is 0 Å². The van der Waals surface area contributed by atoms with Crippen molar-refractivity contribution in [2.75, 3.05) is 39.3 Å². The van der Waals surface area contributed by atoms with Gasteiger partial charge in [0, 0.05) is 32.7 Å². The van der Waals surface area contributed by atoms with E-state index < -0.39 is 0 Å². The van der Waals surface area contributed by atoms with E-state index in [1.165, 1.54) is 30.6 Å². The molecule has 29 heavy (non-hydrogen) atoms. The van der Waals surface area contributed by atoms with Crippen LogP contribution in [0.4, 0.5) is 0 Å². The third-order valence-electron chi connectivity index (χ3n) is 6.08. The van der Waals surface area contributed by atoms with Gasteiger partial charge in [-0.2, -0.15) is 0 Å². The lowest BCUT2D eigenvalue weighted by atomic mass is 10.0. The Morgan fingerprint density at radius 2 is 1.45 bits per heavy atom. The standard InChI is InChI=1S/C24H35N3O2/c1-3-5-6-7-8-12-15-27-23(28)21(20-13-10-9-11-14-20)22(24(27)29)26-18-16-25(4-2)17-19-26/h9-11,13-14H,3-8,12,15-19H2,1-2H3. The molecule has 0 bridgehead atoms. The van der Waals surface area contributed by atoms with Gasteiger partial charge in [0.25, 0.3) is 11.8 Å². The lowest BCUT2D eigenvalue weighted by Gasteiger charge is -2.36. The average molecular weight is 398 g/mol. The smallest absolute Gasteiger partial charge is 0.277 e. The predicted molar refractivity (Wildman–Crippen MR) is 117 cm³/mol. The number of carbonyl (C=O) groups excluding carboxylic acids is 2. The molecule has 2 aliphatic heterocycles. The van der Waals surface area contributed by atoms with Crippen LogP contribution in [-0.4, -0.2) is 65.8 Å². The monoisotopic (exact) mass is 397 g/mol. The van der Waals surface area contributed by atoms with Gasteiger partial charge in [-0.05, 0) is 18.5 Å². The Bertz CT molecular complexity index is 721. The molecule has 5 nitrogen and oxygen atoms in total. The summed E-state index contributed by atoms with van der Waals surface area (Å²) in [6, 6.07) is 9.69. The van der Waals surface area contributed by atoms with Gasteiger partial charge in [0.05, 0.1) is 5.57 Å². The minimum absolute atomic E-state index is 0.104. The summed E-state index contributed by atoms with van der Waals surface area (Å²) < 4.78 is 0. The van der Waals surface area contributed by atoms with Crippen LogP contribution in [0.25, 0.3) is 5.57 Å². The maximum Gasteiger partial charge on any atom is 0.277 e. The highest BCUT2D eigenvalue weighted by Crippen LogP contribution is 2.32. The van der Waals surface area contributed by atoms with Crippen LogP contribution in [0.5, 0.6) is 0 Å². The summed E-state index contributed by atoms with van der Waals surface area (Å²) in [5.74, 6) is -0.227. The molecular weight excluding hydrogens is 362 g/mol. The van der Waals surface area contributed by atoms with Gasteiger partial charge in [-0.3, -0.25) is 14.5 Å². The zero-order chi connectivity index (χ0) is 20.6. The lowest BCUT2D eigenvalue weighted by molar-refractivity contribution is -0.137. The fourth-order valence-corrected chi connectivity index (χ4v) is 4.26. The van der Waals surface area contributed by atoms with Crippen molar-refractivity contribution in [2.45, 2.75) is 52.4 Å². The van der Waals surface area contributed by atoms with E-state index in [2.05, 4.69) is 23.6 Å². The van der Waals surface area contributed by atoms with Crippen molar-refractivity contribution < 1.29 is 9.59 Å². The summed E-state index contributed by atoms with van der Waals surface area (Å²) in [7, 11) is 0. The Hall–Kier alpha value is -2.14. The third kappa shape index (κ3) is 5.08. The molecule has 1 saturated heterocycles. The molecule has 0 radical (unpaired) electrons. The summed E-state index contributed by atoms with van der Waals surface area (Å²) in [5.41, 5.74) is 2.05. The van der Waals surface area contributed by atoms with Crippen molar-refractivity contribution in [3.63, 3.8) is 0 Å². The molecule has 2 heterocycles. The second-order valence-electron chi connectivity index (χ2n) is 8.04. The number of imide groups is 1. The van der Waals surface area contributed by atoms with Crippen molar-refractivity contribution in [3.05, 3.63) is 41.6 Å². The quantitative estimate of drug-likeness (QED) is 0.445. The minimum Gasteiger partial charge on any atom is -0.364 e. The molecule has 1 fully saturated rings. The molecule has 0 aromatic heterocycles. The highest BCUT2D eigenvalue weighted by atomic mass is 16.2. The molecule has 0 aliphatic carbocycles. The predicted octanol–water partition coefficient (Wildman–Crippen LogP) is 3.76. The van der Waals surface area contributed by atoms with Gasteiger partial charge in [0.15, 0.2) is 0 Å². The van der Waals surface area contributed by atoms with E-state index in [0.717, 1.165) is 51.1 Å².